The molecule has 1 aromatic rings. The number of rotatable bonds is 3. The number of piperazine rings is 1. The van der Waals surface area contributed by atoms with Gasteiger partial charge in [0.25, 0.3) is 0 Å². The molecule has 114 valence electrons. The van der Waals surface area contributed by atoms with Crippen LogP contribution in [-0.2, 0) is 16.1 Å². The van der Waals surface area contributed by atoms with Crippen LogP contribution in [0.25, 0.3) is 0 Å². The van der Waals surface area contributed by atoms with Crippen LogP contribution in [-0.4, -0.2) is 34.2 Å². The third-order valence-corrected chi connectivity index (χ3v) is 4.53. The van der Waals surface area contributed by atoms with Crippen molar-refractivity contribution in [1.82, 2.24) is 15.1 Å². The number of hydrogen-bond acceptors (Lipinski definition) is 3. The summed E-state index contributed by atoms with van der Waals surface area (Å²) in [5.74, 6) is 0.214. The number of anilines is 1. The van der Waals surface area contributed by atoms with Crippen molar-refractivity contribution in [1.29, 1.82) is 0 Å². The van der Waals surface area contributed by atoms with Crippen molar-refractivity contribution in [2.45, 2.75) is 51.6 Å². The van der Waals surface area contributed by atoms with Gasteiger partial charge in [0.15, 0.2) is 0 Å². The van der Waals surface area contributed by atoms with E-state index in [9.17, 15) is 9.59 Å². The van der Waals surface area contributed by atoms with E-state index in [1.165, 1.54) is 6.42 Å². The number of carbonyl (C=O) groups excluding carboxylic acids is 2. The van der Waals surface area contributed by atoms with E-state index in [4.69, 9.17) is 0 Å². The van der Waals surface area contributed by atoms with Gasteiger partial charge in [-0.2, -0.15) is 5.10 Å². The number of amides is 2. The van der Waals surface area contributed by atoms with Crippen LogP contribution >= 0.6 is 0 Å². The zero-order chi connectivity index (χ0) is 14.8. The maximum absolute atomic E-state index is 12.7. The lowest BCUT2D eigenvalue weighted by Gasteiger charge is -2.37. The molecule has 3 rings (SSSR count). The van der Waals surface area contributed by atoms with Crippen molar-refractivity contribution in [2.75, 3.05) is 11.4 Å². The predicted molar refractivity (Wildman–Crippen MR) is 78.8 cm³/mol. The molecule has 6 heteroatoms. The van der Waals surface area contributed by atoms with Crippen molar-refractivity contribution in [2.24, 2.45) is 5.92 Å². The van der Waals surface area contributed by atoms with Crippen LogP contribution in [0.2, 0.25) is 0 Å². The summed E-state index contributed by atoms with van der Waals surface area (Å²) in [4.78, 5) is 26.3. The number of aromatic nitrogens is 2. The highest BCUT2D eigenvalue weighted by molar-refractivity contribution is 6.06. The van der Waals surface area contributed by atoms with Crippen LogP contribution in [0.4, 0.5) is 5.69 Å². The van der Waals surface area contributed by atoms with Crippen LogP contribution in [0, 0.1) is 5.92 Å². The molecule has 1 aliphatic carbocycles. The van der Waals surface area contributed by atoms with E-state index in [0.29, 0.717) is 0 Å². The molecule has 2 aliphatic rings. The summed E-state index contributed by atoms with van der Waals surface area (Å²) in [7, 11) is 0. The van der Waals surface area contributed by atoms with Crippen molar-refractivity contribution in [3.8, 4) is 0 Å². The van der Waals surface area contributed by atoms with Gasteiger partial charge in [0.05, 0.1) is 11.9 Å². The molecule has 2 fully saturated rings. The highest BCUT2D eigenvalue weighted by Gasteiger charge is 2.39. The summed E-state index contributed by atoms with van der Waals surface area (Å²) in [5.41, 5.74) is 0.720. The molecule has 2 heterocycles. The highest BCUT2D eigenvalue weighted by atomic mass is 16.2. The minimum absolute atomic E-state index is 0.0113. The molecule has 0 bridgehead atoms. The first-order valence-corrected chi connectivity index (χ1v) is 7.82. The lowest BCUT2D eigenvalue weighted by atomic mass is 9.82. The fraction of sp³-hybridized carbons (Fsp3) is 0.667. The van der Waals surface area contributed by atoms with Crippen LogP contribution in [0.1, 0.15) is 39.0 Å². The topological polar surface area (TPSA) is 67.2 Å². The molecule has 2 amide bonds. The van der Waals surface area contributed by atoms with E-state index in [2.05, 4.69) is 10.4 Å². The van der Waals surface area contributed by atoms with Crippen molar-refractivity contribution in [3.63, 3.8) is 0 Å². The molecule has 0 radical (unpaired) electrons. The van der Waals surface area contributed by atoms with Gasteiger partial charge in [-0.1, -0.05) is 19.3 Å². The van der Waals surface area contributed by atoms with Gasteiger partial charge >= 0.3 is 0 Å². The molecule has 6 nitrogen and oxygen atoms in total. The number of hydrogen-bond donors (Lipinski definition) is 1. The van der Waals surface area contributed by atoms with E-state index in [1.54, 1.807) is 15.8 Å². The fourth-order valence-electron chi connectivity index (χ4n) is 3.34. The second-order valence-electron chi connectivity index (χ2n) is 5.92. The average Bonchev–Trinajstić information content (AvgIpc) is 2.99. The first-order chi connectivity index (χ1) is 10.2. The first kappa shape index (κ1) is 14.1. The highest BCUT2D eigenvalue weighted by Crippen LogP contribution is 2.29. The van der Waals surface area contributed by atoms with Gasteiger partial charge in [0.1, 0.15) is 12.6 Å². The molecule has 0 spiro atoms. The number of aryl methyl sites for hydroxylation is 1. The monoisotopic (exact) mass is 290 g/mol. The summed E-state index contributed by atoms with van der Waals surface area (Å²) in [6.45, 7) is 2.84. The van der Waals surface area contributed by atoms with Crippen LogP contribution < -0.4 is 10.2 Å². The Morgan fingerprint density at radius 1 is 1.29 bits per heavy atom. The molecular formula is C15H22N4O2. The summed E-state index contributed by atoms with van der Waals surface area (Å²) in [6, 6.07) is -0.364. The third kappa shape index (κ3) is 2.80. The van der Waals surface area contributed by atoms with Crippen molar-refractivity contribution >= 4 is 17.5 Å². The zero-order valence-corrected chi connectivity index (χ0v) is 12.4. The van der Waals surface area contributed by atoms with E-state index in [1.807, 2.05) is 13.1 Å². The zero-order valence-electron chi connectivity index (χ0n) is 12.4. The quantitative estimate of drug-likeness (QED) is 0.913. The van der Waals surface area contributed by atoms with Crippen LogP contribution in [0.15, 0.2) is 12.4 Å². The standard InChI is InChI=1S/C15H22N4O2/c1-2-18-9-12(8-16-18)19-10-13(20)17-14(15(19)21)11-6-4-3-5-7-11/h8-9,11,14H,2-7,10H2,1H3,(H,17,20). The Labute approximate surface area is 124 Å². The summed E-state index contributed by atoms with van der Waals surface area (Å²) in [5, 5.41) is 7.10. The van der Waals surface area contributed by atoms with Crippen LogP contribution in [0.5, 0.6) is 0 Å². The molecule has 1 saturated carbocycles. The van der Waals surface area contributed by atoms with Gasteiger partial charge in [-0.05, 0) is 25.7 Å². The lowest BCUT2D eigenvalue weighted by Crippen LogP contribution is -2.61. The van der Waals surface area contributed by atoms with Crippen LogP contribution in [0.3, 0.4) is 0 Å². The van der Waals surface area contributed by atoms with Gasteiger partial charge in [-0.25, -0.2) is 0 Å². The minimum Gasteiger partial charge on any atom is -0.342 e. The van der Waals surface area contributed by atoms with Gasteiger partial charge in [0, 0.05) is 12.7 Å². The molecule has 1 N–H and O–H groups in total. The largest absolute Gasteiger partial charge is 0.342 e. The first-order valence-electron chi connectivity index (χ1n) is 7.82. The minimum atomic E-state index is -0.364. The average molecular weight is 290 g/mol. The number of nitrogens with one attached hydrogen (secondary N) is 1. The Morgan fingerprint density at radius 3 is 2.71 bits per heavy atom. The number of nitrogens with zero attached hydrogens (tertiary/aromatic N) is 3. The summed E-state index contributed by atoms with van der Waals surface area (Å²) < 4.78 is 1.77. The maximum atomic E-state index is 12.7. The van der Waals surface area contributed by atoms with Crippen molar-refractivity contribution in [3.05, 3.63) is 12.4 Å². The normalized spacial score (nSPS) is 24.2. The second-order valence-corrected chi connectivity index (χ2v) is 5.92. The molecule has 1 aliphatic heterocycles. The Morgan fingerprint density at radius 2 is 2.05 bits per heavy atom. The van der Waals surface area contributed by atoms with E-state index >= 15 is 0 Å². The van der Waals surface area contributed by atoms with Gasteiger partial charge in [-0.3, -0.25) is 19.2 Å². The Hall–Kier alpha value is -1.85. The molecule has 1 aromatic heterocycles. The van der Waals surface area contributed by atoms with E-state index in [-0.39, 0.29) is 30.3 Å². The second kappa shape index (κ2) is 5.87. The van der Waals surface area contributed by atoms with E-state index in [0.717, 1.165) is 37.9 Å². The predicted octanol–water partition coefficient (Wildman–Crippen LogP) is 1.31. The maximum Gasteiger partial charge on any atom is 0.250 e. The van der Waals surface area contributed by atoms with Gasteiger partial charge < -0.3 is 5.32 Å². The molecule has 1 atom stereocenters. The van der Waals surface area contributed by atoms with Gasteiger partial charge in [0.2, 0.25) is 11.8 Å². The molecule has 1 unspecified atom stereocenters. The molecular weight excluding hydrogens is 268 g/mol. The SMILES string of the molecule is CCn1cc(N2CC(=O)NC(C3CCCCC3)C2=O)cn1. The Kier molecular flexibility index (Phi) is 3.94. The Balaban J connectivity index is 1.80. The fourth-order valence-corrected chi connectivity index (χ4v) is 3.34. The number of carbonyl (C=O) groups is 2. The van der Waals surface area contributed by atoms with E-state index < -0.39 is 0 Å². The van der Waals surface area contributed by atoms with Crippen molar-refractivity contribution < 1.29 is 9.59 Å². The third-order valence-electron chi connectivity index (χ3n) is 4.53. The molecule has 21 heavy (non-hydrogen) atoms. The summed E-state index contributed by atoms with van der Waals surface area (Å²) >= 11 is 0. The Bertz CT molecular complexity index is 534. The van der Waals surface area contributed by atoms with Gasteiger partial charge in [-0.15, -0.1) is 0 Å². The molecule has 0 aromatic carbocycles. The summed E-state index contributed by atoms with van der Waals surface area (Å²) in [6.07, 6.45) is 9.08. The molecule has 1 saturated heterocycles. The lowest BCUT2D eigenvalue weighted by molar-refractivity contribution is -0.132. The smallest absolute Gasteiger partial charge is 0.250 e.